The highest BCUT2D eigenvalue weighted by Crippen LogP contribution is 2.08. The number of hydrogen-bond donors (Lipinski definition) is 0. The second-order valence-electron chi connectivity index (χ2n) is 3.77. The van der Waals surface area contributed by atoms with Crippen LogP contribution in [0.3, 0.4) is 0 Å². The van der Waals surface area contributed by atoms with Crippen molar-refractivity contribution >= 4 is 5.97 Å². The molecule has 0 saturated carbocycles. The Morgan fingerprint density at radius 3 is 2.29 bits per heavy atom. The van der Waals surface area contributed by atoms with E-state index in [1.165, 1.54) is 7.11 Å². The fraction of sp³-hybridized carbons (Fsp3) is 0.909. The molecule has 0 aromatic carbocycles. The summed E-state index contributed by atoms with van der Waals surface area (Å²) >= 11 is 0. The Morgan fingerprint density at radius 1 is 1.36 bits per heavy atom. The minimum absolute atomic E-state index is 0.0334. The summed E-state index contributed by atoms with van der Waals surface area (Å²) in [6, 6.07) is 0.534. The molecular weight excluding hydrogens is 178 g/mol. The molecule has 0 aromatic heterocycles. The normalized spacial score (nSPS) is 15.3. The summed E-state index contributed by atoms with van der Waals surface area (Å²) in [6.07, 6.45) is 1.11. The summed E-state index contributed by atoms with van der Waals surface area (Å²) in [7, 11) is 1.44. The molecule has 0 fully saturated rings. The van der Waals surface area contributed by atoms with Gasteiger partial charge in [-0.25, -0.2) is 0 Å². The van der Waals surface area contributed by atoms with E-state index in [9.17, 15) is 4.79 Å². The summed E-state index contributed by atoms with van der Waals surface area (Å²) in [4.78, 5) is 13.5. The van der Waals surface area contributed by atoms with Crippen LogP contribution < -0.4 is 0 Å². The van der Waals surface area contributed by atoms with Crippen LogP contribution in [0.15, 0.2) is 0 Å². The number of methoxy groups -OCH3 is 1. The lowest BCUT2D eigenvalue weighted by atomic mass is 10.1. The van der Waals surface area contributed by atoms with Crippen molar-refractivity contribution in [2.75, 3.05) is 20.2 Å². The molecule has 0 amide bonds. The topological polar surface area (TPSA) is 29.5 Å². The predicted octanol–water partition coefficient (Wildman–Crippen LogP) is 1.92. The fourth-order valence-corrected chi connectivity index (χ4v) is 1.51. The van der Waals surface area contributed by atoms with Crippen LogP contribution in [0.2, 0.25) is 0 Å². The summed E-state index contributed by atoms with van der Waals surface area (Å²) < 4.78 is 4.71. The third kappa shape index (κ3) is 4.09. The van der Waals surface area contributed by atoms with E-state index in [1.54, 1.807) is 0 Å². The van der Waals surface area contributed by atoms with Crippen molar-refractivity contribution < 1.29 is 9.53 Å². The molecule has 3 heteroatoms. The average molecular weight is 201 g/mol. The highest BCUT2D eigenvalue weighted by atomic mass is 16.5. The first-order valence-electron chi connectivity index (χ1n) is 5.38. The van der Waals surface area contributed by atoms with Crippen LogP contribution in [0.4, 0.5) is 0 Å². The van der Waals surface area contributed by atoms with Crippen LogP contribution in [0.5, 0.6) is 0 Å². The van der Waals surface area contributed by atoms with Gasteiger partial charge in [-0.1, -0.05) is 20.8 Å². The van der Waals surface area contributed by atoms with Gasteiger partial charge in [-0.05, 0) is 19.9 Å². The maximum atomic E-state index is 11.2. The van der Waals surface area contributed by atoms with E-state index >= 15 is 0 Å². The van der Waals surface area contributed by atoms with Crippen LogP contribution >= 0.6 is 0 Å². The lowest BCUT2D eigenvalue weighted by Crippen LogP contribution is -2.38. The van der Waals surface area contributed by atoms with Crippen molar-refractivity contribution in [1.29, 1.82) is 0 Å². The van der Waals surface area contributed by atoms with Crippen LogP contribution in [0.1, 0.15) is 34.1 Å². The standard InChI is InChI=1S/C11H23NO2/c1-6-10(4)12(7-2)8-9(3)11(13)14-5/h9-10H,6-8H2,1-5H3. The highest BCUT2D eigenvalue weighted by Gasteiger charge is 2.19. The Balaban J connectivity index is 4.10. The summed E-state index contributed by atoms with van der Waals surface area (Å²) in [5, 5.41) is 0. The molecule has 0 aliphatic rings. The monoisotopic (exact) mass is 201 g/mol. The molecule has 0 N–H and O–H groups in total. The van der Waals surface area contributed by atoms with E-state index in [1.807, 2.05) is 6.92 Å². The fourth-order valence-electron chi connectivity index (χ4n) is 1.51. The van der Waals surface area contributed by atoms with Gasteiger partial charge in [-0.3, -0.25) is 4.79 Å². The zero-order chi connectivity index (χ0) is 11.1. The Morgan fingerprint density at radius 2 is 1.93 bits per heavy atom. The number of ether oxygens (including phenoxy) is 1. The molecule has 0 aliphatic carbocycles. The van der Waals surface area contributed by atoms with Gasteiger partial charge in [-0.2, -0.15) is 0 Å². The van der Waals surface area contributed by atoms with Crippen LogP contribution in [0, 0.1) is 5.92 Å². The minimum Gasteiger partial charge on any atom is -0.469 e. The number of esters is 1. The largest absolute Gasteiger partial charge is 0.469 e. The Hall–Kier alpha value is -0.570. The van der Waals surface area contributed by atoms with Gasteiger partial charge in [0.05, 0.1) is 13.0 Å². The molecule has 84 valence electrons. The second kappa shape index (κ2) is 6.82. The van der Waals surface area contributed by atoms with Gasteiger partial charge in [-0.15, -0.1) is 0 Å². The predicted molar refractivity (Wildman–Crippen MR) is 58.2 cm³/mol. The van der Waals surface area contributed by atoms with Gasteiger partial charge in [0.1, 0.15) is 0 Å². The summed E-state index contributed by atoms with van der Waals surface area (Å²) in [6.45, 7) is 10.2. The lowest BCUT2D eigenvalue weighted by Gasteiger charge is -2.28. The number of nitrogens with zero attached hydrogens (tertiary/aromatic N) is 1. The SMILES string of the molecule is CCC(C)N(CC)CC(C)C(=O)OC. The zero-order valence-electron chi connectivity index (χ0n) is 10.0. The number of carbonyl (C=O) groups is 1. The first kappa shape index (κ1) is 13.4. The van der Waals surface area contributed by atoms with Gasteiger partial charge in [0.2, 0.25) is 0 Å². The smallest absolute Gasteiger partial charge is 0.309 e. The number of hydrogen-bond acceptors (Lipinski definition) is 3. The van der Waals surface area contributed by atoms with E-state index in [0.29, 0.717) is 6.04 Å². The Labute approximate surface area is 87.4 Å². The first-order chi connectivity index (χ1) is 6.56. The van der Waals surface area contributed by atoms with Crippen molar-refractivity contribution in [2.24, 2.45) is 5.92 Å². The van der Waals surface area contributed by atoms with E-state index < -0.39 is 0 Å². The van der Waals surface area contributed by atoms with E-state index in [0.717, 1.165) is 19.5 Å². The third-order valence-corrected chi connectivity index (χ3v) is 2.73. The Kier molecular flexibility index (Phi) is 6.54. The van der Waals surface area contributed by atoms with E-state index in [-0.39, 0.29) is 11.9 Å². The molecule has 0 heterocycles. The molecule has 0 rings (SSSR count). The molecule has 0 saturated heterocycles. The molecule has 0 aromatic rings. The van der Waals surface area contributed by atoms with Gasteiger partial charge in [0.15, 0.2) is 0 Å². The molecule has 2 atom stereocenters. The highest BCUT2D eigenvalue weighted by molar-refractivity contribution is 5.72. The van der Waals surface area contributed by atoms with Crippen LogP contribution in [0.25, 0.3) is 0 Å². The van der Waals surface area contributed by atoms with E-state index in [2.05, 4.69) is 25.7 Å². The summed E-state index contributed by atoms with van der Waals surface area (Å²) in [5.74, 6) is -0.152. The maximum absolute atomic E-state index is 11.2. The Bertz CT molecular complexity index is 171. The molecule has 2 unspecified atom stereocenters. The lowest BCUT2D eigenvalue weighted by molar-refractivity contribution is -0.145. The van der Waals surface area contributed by atoms with Crippen molar-refractivity contribution in [3.05, 3.63) is 0 Å². The average Bonchev–Trinajstić information content (AvgIpc) is 2.22. The third-order valence-electron chi connectivity index (χ3n) is 2.73. The molecule has 0 radical (unpaired) electrons. The molecule has 0 bridgehead atoms. The van der Waals surface area contributed by atoms with Crippen molar-refractivity contribution in [1.82, 2.24) is 4.90 Å². The van der Waals surface area contributed by atoms with E-state index in [4.69, 9.17) is 4.74 Å². The van der Waals surface area contributed by atoms with Crippen molar-refractivity contribution in [3.8, 4) is 0 Å². The van der Waals surface area contributed by atoms with Gasteiger partial charge in [0.25, 0.3) is 0 Å². The quantitative estimate of drug-likeness (QED) is 0.615. The molecule has 3 nitrogen and oxygen atoms in total. The van der Waals surface area contributed by atoms with Gasteiger partial charge < -0.3 is 9.64 Å². The summed E-state index contributed by atoms with van der Waals surface area (Å²) in [5.41, 5.74) is 0. The molecule has 0 aliphatic heterocycles. The zero-order valence-corrected chi connectivity index (χ0v) is 10.0. The van der Waals surface area contributed by atoms with Crippen molar-refractivity contribution in [3.63, 3.8) is 0 Å². The first-order valence-corrected chi connectivity index (χ1v) is 5.38. The second-order valence-corrected chi connectivity index (χ2v) is 3.77. The molecule has 14 heavy (non-hydrogen) atoms. The van der Waals surface area contributed by atoms with Gasteiger partial charge in [0, 0.05) is 12.6 Å². The minimum atomic E-state index is -0.119. The number of carbonyl (C=O) groups excluding carboxylic acids is 1. The molecular formula is C11H23NO2. The van der Waals surface area contributed by atoms with Crippen molar-refractivity contribution in [2.45, 2.75) is 40.2 Å². The molecule has 0 spiro atoms. The van der Waals surface area contributed by atoms with Crippen LogP contribution in [-0.2, 0) is 9.53 Å². The van der Waals surface area contributed by atoms with Crippen LogP contribution in [-0.4, -0.2) is 37.1 Å². The maximum Gasteiger partial charge on any atom is 0.309 e. The van der Waals surface area contributed by atoms with Gasteiger partial charge >= 0.3 is 5.97 Å². The number of rotatable bonds is 6.